The highest BCUT2D eigenvalue weighted by atomic mass is 32.2. The molecule has 188 valence electrons. The quantitative estimate of drug-likeness (QED) is 0.314. The minimum Gasteiger partial charge on any atom is -0.422 e. The van der Waals surface area contributed by atoms with Gasteiger partial charge in [0.2, 0.25) is 0 Å². The minimum atomic E-state index is -4.19. The summed E-state index contributed by atoms with van der Waals surface area (Å²) in [4.78, 5) is 24.9. The average Bonchev–Trinajstić information content (AvgIpc) is 3.38. The molecule has 2 aliphatic heterocycles. The second-order valence-corrected chi connectivity index (χ2v) is 10.2. The molecule has 7 nitrogen and oxygen atoms in total. The lowest BCUT2D eigenvalue weighted by molar-refractivity contribution is -0.128. The third-order valence-electron chi connectivity index (χ3n) is 6.12. The first-order chi connectivity index (χ1) is 18.2. The molecule has 0 saturated carbocycles. The molecule has 0 unspecified atom stereocenters. The maximum atomic E-state index is 13.5. The highest BCUT2D eigenvalue weighted by Gasteiger charge is 2.30. The zero-order chi connectivity index (χ0) is 26.6. The Kier molecular flexibility index (Phi) is 5.35. The van der Waals surface area contributed by atoms with Gasteiger partial charge in [-0.2, -0.15) is 0 Å². The van der Waals surface area contributed by atoms with Gasteiger partial charge < -0.3 is 9.47 Å². The van der Waals surface area contributed by atoms with Gasteiger partial charge >= 0.3 is 11.9 Å². The Hall–Kier alpha value is -4.83. The molecule has 0 fully saturated rings. The van der Waals surface area contributed by atoms with E-state index in [1.165, 1.54) is 24.3 Å². The van der Waals surface area contributed by atoms with Gasteiger partial charge in [-0.3, -0.25) is 4.72 Å². The van der Waals surface area contributed by atoms with Crippen molar-refractivity contribution >= 4 is 38.8 Å². The summed E-state index contributed by atoms with van der Waals surface area (Å²) >= 11 is 0. The lowest BCUT2D eigenvalue weighted by Gasteiger charge is -2.09. The van der Waals surface area contributed by atoms with Gasteiger partial charge in [-0.15, -0.1) is 0 Å². The van der Waals surface area contributed by atoms with E-state index in [2.05, 4.69) is 4.72 Å². The van der Waals surface area contributed by atoms with Crippen molar-refractivity contribution < 1.29 is 36.3 Å². The first-order valence-electron chi connectivity index (χ1n) is 11.2. The third kappa shape index (κ3) is 3.91. The number of hydrogen-bond donors (Lipinski definition) is 1. The van der Waals surface area contributed by atoms with Crippen molar-refractivity contribution in [1.82, 2.24) is 0 Å². The summed E-state index contributed by atoms with van der Waals surface area (Å²) in [6, 6.07) is 20.3. The molecule has 38 heavy (non-hydrogen) atoms. The number of carbonyl (C=O) groups excluding carboxylic acids is 2. The van der Waals surface area contributed by atoms with E-state index in [1.807, 2.05) is 6.07 Å². The van der Waals surface area contributed by atoms with Gasteiger partial charge in [0.1, 0.15) is 11.5 Å². The molecule has 0 radical (unpaired) electrons. The summed E-state index contributed by atoms with van der Waals surface area (Å²) in [6.07, 6.45) is 0. The molecular formula is C28H15F2NO6S. The van der Waals surface area contributed by atoms with E-state index in [1.54, 1.807) is 36.4 Å². The van der Waals surface area contributed by atoms with E-state index in [-0.39, 0.29) is 17.0 Å². The number of ether oxygens (including phenoxy) is 2. The van der Waals surface area contributed by atoms with Crippen LogP contribution in [-0.2, 0) is 19.6 Å². The van der Waals surface area contributed by atoms with Crippen LogP contribution in [0.4, 0.5) is 14.5 Å². The van der Waals surface area contributed by atoms with Crippen LogP contribution in [0.2, 0.25) is 0 Å². The zero-order valence-electron chi connectivity index (χ0n) is 19.2. The van der Waals surface area contributed by atoms with E-state index in [0.717, 1.165) is 12.1 Å². The van der Waals surface area contributed by atoms with Crippen molar-refractivity contribution in [3.63, 3.8) is 0 Å². The van der Waals surface area contributed by atoms with Crippen LogP contribution in [0.15, 0.2) is 89.8 Å². The number of nitrogens with one attached hydrogen (secondary N) is 1. The summed E-state index contributed by atoms with van der Waals surface area (Å²) in [5, 5.41) is 0.932. The Labute approximate surface area is 214 Å². The average molecular weight is 531 g/mol. The predicted octanol–water partition coefficient (Wildman–Crippen LogP) is 3.00. The smallest absolute Gasteiger partial charge is 0.344 e. The van der Waals surface area contributed by atoms with Gasteiger partial charge in [-0.1, -0.05) is 42.5 Å². The van der Waals surface area contributed by atoms with Crippen molar-refractivity contribution in [3.05, 3.63) is 118 Å². The Bertz CT molecular complexity index is 1900. The van der Waals surface area contributed by atoms with Crippen molar-refractivity contribution in [1.29, 1.82) is 0 Å². The highest BCUT2D eigenvalue weighted by Crippen LogP contribution is 2.28. The molecule has 0 spiro atoms. The van der Waals surface area contributed by atoms with Crippen LogP contribution in [0.3, 0.4) is 0 Å². The number of carbonyl (C=O) groups is 2. The molecule has 4 aromatic rings. The van der Waals surface area contributed by atoms with Crippen LogP contribution in [-0.4, -0.2) is 20.4 Å². The molecule has 0 amide bonds. The largest absolute Gasteiger partial charge is 0.422 e. The van der Waals surface area contributed by atoms with Gasteiger partial charge in [-0.05, 0) is 53.6 Å². The van der Waals surface area contributed by atoms with E-state index in [0.29, 0.717) is 39.0 Å². The number of rotatable bonds is 5. The normalized spacial score (nSPS) is 14.2. The fraction of sp³-hybridized carbons (Fsp3) is 0. The Morgan fingerprint density at radius 3 is 1.74 bits per heavy atom. The molecule has 0 atom stereocenters. The van der Waals surface area contributed by atoms with Crippen molar-refractivity contribution in [2.75, 3.05) is 4.72 Å². The summed E-state index contributed by atoms with van der Waals surface area (Å²) < 4.78 is 65.0. The standard InChI is InChI=1S/C28H15F2NO6S/c29-21-11-10-18(12-22(21)30)38(34,35)31-17-8-6-16(7-9-17)26-20-14-23-19(13-24(20)37-28(26)33)25(27(32)36-23)15-4-2-1-3-5-15/h1-14,31H. The first kappa shape index (κ1) is 23.6. The summed E-state index contributed by atoms with van der Waals surface area (Å²) in [5.41, 5.74) is 1.82. The molecule has 0 aliphatic carbocycles. The van der Waals surface area contributed by atoms with Crippen molar-refractivity contribution in [2.24, 2.45) is 0 Å². The van der Waals surface area contributed by atoms with Crippen LogP contribution < -0.4 is 24.6 Å². The molecular weight excluding hydrogens is 516 g/mol. The number of hydrogen-bond acceptors (Lipinski definition) is 6. The van der Waals surface area contributed by atoms with Crippen LogP contribution >= 0.6 is 0 Å². The summed E-state index contributed by atoms with van der Waals surface area (Å²) in [7, 11) is -4.19. The van der Waals surface area contributed by atoms with E-state index >= 15 is 0 Å². The highest BCUT2D eigenvalue weighted by molar-refractivity contribution is 7.92. The zero-order valence-corrected chi connectivity index (χ0v) is 20.0. The van der Waals surface area contributed by atoms with Crippen LogP contribution in [0.25, 0.3) is 11.1 Å². The van der Waals surface area contributed by atoms with E-state index in [4.69, 9.17) is 9.47 Å². The van der Waals surface area contributed by atoms with E-state index < -0.39 is 38.5 Å². The molecule has 0 bridgehead atoms. The monoisotopic (exact) mass is 531 g/mol. The third-order valence-corrected chi connectivity index (χ3v) is 7.50. The molecule has 2 heterocycles. The number of esters is 2. The summed E-state index contributed by atoms with van der Waals surface area (Å²) in [5.74, 6) is -3.03. The Morgan fingerprint density at radius 1 is 0.632 bits per heavy atom. The molecule has 0 aromatic heterocycles. The van der Waals surface area contributed by atoms with Crippen molar-refractivity contribution in [2.45, 2.75) is 4.90 Å². The lowest BCUT2D eigenvalue weighted by Crippen LogP contribution is -2.14. The molecule has 2 aliphatic rings. The second kappa shape index (κ2) is 8.63. The predicted molar refractivity (Wildman–Crippen MR) is 132 cm³/mol. The number of fused-ring (bicyclic) bond motifs is 2. The van der Waals surface area contributed by atoms with Gasteiger partial charge in [0.15, 0.2) is 11.6 Å². The maximum Gasteiger partial charge on any atom is 0.344 e. The fourth-order valence-electron chi connectivity index (χ4n) is 4.36. The molecule has 0 saturated heterocycles. The molecule has 6 rings (SSSR count). The molecule has 4 aromatic carbocycles. The number of benzene rings is 4. The number of anilines is 1. The number of halogens is 2. The van der Waals surface area contributed by atoms with Crippen LogP contribution in [0.1, 0.15) is 11.1 Å². The second-order valence-electron chi connectivity index (χ2n) is 8.50. The van der Waals surface area contributed by atoms with Crippen LogP contribution in [0, 0.1) is 11.6 Å². The van der Waals surface area contributed by atoms with Gasteiger partial charge in [0.25, 0.3) is 10.0 Å². The van der Waals surface area contributed by atoms with Gasteiger partial charge in [-0.25, -0.2) is 26.8 Å². The maximum absolute atomic E-state index is 13.5. The Morgan fingerprint density at radius 2 is 1.18 bits per heavy atom. The van der Waals surface area contributed by atoms with E-state index in [9.17, 15) is 26.8 Å². The first-order valence-corrected chi connectivity index (χ1v) is 12.7. The van der Waals surface area contributed by atoms with Gasteiger partial charge in [0.05, 0.1) is 16.0 Å². The molecule has 10 heteroatoms. The summed E-state index contributed by atoms with van der Waals surface area (Å²) in [6.45, 7) is 0. The SMILES string of the molecule is O=C1Oc2cc3c(cc2=C1c1ccccc1)OC(=O)C=3c1ccc(NS(=O)(=O)c2ccc(F)c(F)c2)cc1. The fourth-order valence-corrected chi connectivity index (χ4v) is 5.43. The Balaban J connectivity index is 1.37. The van der Waals surface area contributed by atoms with Crippen molar-refractivity contribution in [3.8, 4) is 11.5 Å². The minimum absolute atomic E-state index is 0.135. The van der Waals surface area contributed by atoms with Gasteiger partial charge in [0, 0.05) is 16.1 Å². The topological polar surface area (TPSA) is 98.8 Å². The molecule has 1 N–H and O–H groups in total. The van der Waals surface area contributed by atoms with Crippen LogP contribution in [0.5, 0.6) is 11.5 Å². The number of sulfonamides is 1. The lowest BCUT2D eigenvalue weighted by atomic mass is 10.0.